The van der Waals surface area contributed by atoms with Crippen LogP contribution in [0.3, 0.4) is 0 Å². The molecule has 1 saturated heterocycles. The lowest BCUT2D eigenvalue weighted by Gasteiger charge is -2.28. The van der Waals surface area contributed by atoms with Crippen LogP contribution in [0.15, 0.2) is 29.4 Å². The van der Waals surface area contributed by atoms with Gasteiger partial charge in [0.05, 0.1) is 18.9 Å². The highest BCUT2D eigenvalue weighted by Crippen LogP contribution is 2.10. The summed E-state index contributed by atoms with van der Waals surface area (Å²) < 4.78 is 5.27. The molecule has 6 heteroatoms. The summed E-state index contributed by atoms with van der Waals surface area (Å²) >= 11 is 5.28. The number of thiocarbonyl (C=S) groups is 1. The van der Waals surface area contributed by atoms with Crippen LogP contribution >= 0.6 is 12.2 Å². The van der Waals surface area contributed by atoms with Gasteiger partial charge in [0.2, 0.25) is 0 Å². The van der Waals surface area contributed by atoms with E-state index in [9.17, 15) is 5.11 Å². The molecule has 0 atom stereocenters. The smallest absolute Gasteiger partial charge is 0.189 e. The summed E-state index contributed by atoms with van der Waals surface area (Å²) in [6, 6.07) is 6.89. The SMILES string of the molecule is C/C(=N\NC(=S)N1CCOCC1)c1ccc(O)cc1. The van der Waals surface area contributed by atoms with Gasteiger partial charge in [-0.25, -0.2) is 0 Å². The molecule has 0 unspecified atom stereocenters. The van der Waals surface area contributed by atoms with Crippen LogP contribution in [0.5, 0.6) is 5.75 Å². The molecule has 0 bridgehead atoms. The number of phenolic OH excluding ortho intramolecular Hbond substituents is 1. The molecule has 1 heterocycles. The van der Waals surface area contributed by atoms with Gasteiger partial charge in [-0.3, -0.25) is 5.43 Å². The van der Waals surface area contributed by atoms with Crippen LogP contribution in [0.25, 0.3) is 0 Å². The zero-order valence-electron chi connectivity index (χ0n) is 10.8. The van der Waals surface area contributed by atoms with Gasteiger partial charge in [0.15, 0.2) is 5.11 Å². The molecule has 0 saturated carbocycles. The molecule has 0 aromatic heterocycles. The third-order valence-corrected chi connectivity index (χ3v) is 3.25. The van der Waals surface area contributed by atoms with Crippen LogP contribution in [0, 0.1) is 0 Å². The molecule has 0 amide bonds. The average Bonchev–Trinajstić information content (AvgIpc) is 2.46. The molecular formula is C13H17N3O2S. The Morgan fingerprint density at radius 3 is 2.58 bits per heavy atom. The Morgan fingerprint density at radius 2 is 1.95 bits per heavy atom. The number of rotatable bonds is 2. The summed E-state index contributed by atoms with van der Waals surface area (Å²) in [5.74, 6) is 0.244. The van der Waals surface area contributed by atoms with Crippen molar-refractivity contribution in [3.8, 4) is 5.75 Å². The number of ether oxygens (including phenoxy) is 1. The Kier molecular flexibility index (Phi) is 4.70. The van der Waals surface area contributed by atoms with Crippen LogP contribution in [0.4, 0.5) is 0 Å². The highest BCUT2D eigenvalue weighted by Gasteiger charge is 2.12. The molecule has 1 aliphatic heterocycles. The number of phenols is 1. The van der Waals surface area contributed by atoms with Gasteiger partial charge in [-0.2, -0.15) is 5.10 Å². The maximum Gasteiger partial charge on any atom is 0.189 e. The van der Waals surface area contributed by atoms with E-state index >= 15 is 0 Å². The van der Waals surface area contributed by atoms with Crippen molar-refractivity contribution in [2.45, 2.75) is 6.92 Å². The van der Waals surface area contributed by atoms with Crippen LogP contribution in [-0.4, -0.2) is 47.1 Å². The summed E-state index contributed by atoms with van der Waals surface area (Å²) in [7, 11) is 0. The molecule has 5 nitrogen and oxygen atoms in total. The molecule has 0 aliphatic carbocycles. The Morgan fingerprint density at radius 1 is 1.32 bits per heavy atom. The molecule has 1 fully saturated rings. The Labute approximate surface area is 117 Å². The van der Waals surface area contributed by atoms with Crippen LogP contribution in [-0.2, 0) is 4.74 Å². The maximum absolute atomic E-state index is 9.23. The zero-order valence-corrected chi connectivity index (χ0v) is 11.6. The molecule has 1 aromatic rings. The standard InChI is InChI=1S/C13H17N3O2S/c1-10(11-2-4-12(17)5-3-11)14-15-13(19)16-6-8-18-9-7-16/h2-5,17H,6-9H2,1H3,(H,15,19)/b14-10+. The van der Waals surface area contributed by atoms with Crippen molar-refractivity contribution in [3.05, 3.63) is 29.8 Å². The fourth-order valence-electron chi connectivity index (χ4n) is 1.74. The first-order chi connectivity index (χ1) is 9.16. The number of hydrazone groups is 1. The van der Waals surface area contributed by atoms with E-state index in [-0.39, 0.29) is 5.75 Å². The van der Waals surface area contributed by atoms with Crippen molar-refractivity contribution in [3.63, 3.8) is 0 Å². The van der Waals surface area contributed by atoms with Gasteiger partial charge in [0.1, 0.15) is 5.75 Å². The molecule has 1 aromatic carbocycles. The summed E-state index contributed by atoms with van der Waals surface area (Å²) in [6.07, 6.45) is 0. The van der Waals surface area contributed by atoms with Gasteiger partial charge in [0, 0.05) is 13.1 Å². The summed E-state index contributed by atoms with van der Waals surface area (Å²) in [5.41, 5.74) is 4.65. The van der Waals surface area contributed by atoms with Gasteiger partial charge < -0.3 is 14.7 Å². The number of hydrogen-bond donors (Lipinski definition) is 2. The van der Waals surface area contributed by atoms with Gasteiger partial charge in [-0.1, -0.05) is 0 Å². The normalized spacial score (nSPS) is 16.3. The molecular weight excluding hydrogens is 262 g/mol. The molecule has 2 rings (SSSR count). The minimum atomic E-state index is 0.244. The highest BCUT2D eigenvalue weighted by atomic mass is 32.1. The van der Waals surface area contributed by atoms with E-state index < -0.39 is 0 Å². The predicted octanol–water partition coefficient (Wildman–Crippen LogP) is 1.32. The molecule has 0 spiro atoms. The lowest BCUT2D eigenvalue weighted by molar-refractivity contribution is 0.0677. The van der Waals surface area contributed by atoms with Crippen molar-refractivity contribution >= 4 is 23.0 Å². The Balaban J connectivity index is 1.93. The summed E-state index contributed by atoms with van der Waals surface area (Å²) in [5, 5.41) is 14.1. The van der Waals surface area contributed by atoms with E-state index in [4.69, 9.17) is 17.0 Å². The van der Waals surface area contributed by atoms with Crippen molar-refractivity contribution in [2.24, 2.45) is 5.10 Å². The second kappa shape index (κ2) is 6.49. The molecule has 0 radical (unpaired) electrons. The van der Waals surface area contributed by atoms with E-state index in [1.165, 1.54) is 0 Å². The lowest BCUT2D eigenvalue weighted by Crippen LogP contribution is -2.44. The van der Waals surface area contributed by atoms with E-state index in [0.29, 0.717) is 18.3 Å². The number of hydrogen-bond acceptors (Lipinski definition) is 4. The quantitative estimate of drug-likeness (QED) is 0.486. The van der Waals surface area contributed by atoms with Gasteiger partial charge in [0.25, 0.3) is 0 Å². The number of nitrogens with one attached hydrogen (secondary N) is 1. The number of benzene rings is 1. The average molecular weight is 279 g/mol. The van der Waals surface area contributed by atoms with Gasteiger partial charge >= 0.3 is 0 Å². The number of aromatic hydroxyl groups is 1. The molecule has 19 heavy (non-hydrogen) atoms. The Bertz CT molecular complexity index is 467. The maximum atomic E-state index is 9.23. The zero-order chi connectivity index (χ0) is 13.7. The topological polar surface area (TPSA) is 57.1 Å². The fraction of sp³-hybridized carbons (Fsp3) is 0.385. The summed E-state index contributed by atoms with van der Waals surface area (Å²) in [6.45, 7) is 4.87. The van der Waals surface area contributed by atoms with Crippen molar-refractivity contribution < 1.29 is 9.84 Å². The van der Waals surface area contributed by atoms with Gasteiger partial charge in [-0.15, -0.1) is 0 Å². The third kappa shape index (κ3) is 3.90. The van der Waals surface area contributed by atoms with Crippen LogP contribution in [0.2, 0.25) is 0 Å². The first-order valence-electron chi connectivity index (χ1n) is 6.13. The third-order valence-electron chi connectivity index (χ3n) is 2.90. The largest absolute Gasteiger partial charge is 0.508 e. The molecule has 1 aliphatic rings. The van der Waals surface area contributed by atoms with E-state index in [0.717, 1.165) is 24.4 Å². The summed E-state index contributed by atoms with van der Waals surface area (Å²) in [4.78, 5) is 2.03. The predicted molar refractivity (Wildman–Crippen MR) is 78.4 cm³/mol. The monoisotopic (exact) mass is 279 g/mol. The van der Waals surface area contributed by atoms with Crippen molar-refractivity contribution in [1.82, 2.24) is 10.3 Å². The van der Waals surface area contributed by atoms with E-state index in [2.05, 4.69) is 10.5 Å². The molecule has 102 valence electrons. The number of morpholine rings is 1. The van der Waals surface area contributed by atoms with Crippen LogP contribution in [0.1, 0.15) is 12.5 Å². The highest BCUT2D eigenvalue weighted by molar-refractivity contribution is 7.80. The van der Waals surface area contributed by atoms with Crippen molar-refractivity contribution in [2.75, 3.05) is 26.3 Å². The van der Waals surface area contributed by atoms with E-state index in [1.807, 2.05) is 24.0 Å². The molecule has 2 N–H and O–H groups in total. The van der Waals surface area contributed by atoms with E-state index in [1.54, 1.807) is 12.1 Å². The first-order valence-corrected chi connectivity index (χ1v) is 6.54. The minimum absolute atomic E-state index is 0.244. The second-order valence-corrected chi connectivity index (χ2v) is 4.65. The fourth-order valence-corrected chi connectivity index (χ4v) is 1.96. The van der Waals surface area contributed by atoms with Gasteiger partial charge in [-0.05, 0) is 49.0 Å². The second-order valence-electron chi connectivity index (χ2n) is 4.26. The lowest BCUT2D eigenvalue weighted by atomic mass is 10.1. The number of nitrogens with zero attached hydrogens (tertiary/aromatic N) is 2. The van der Waals surface area contributed by atoms with Crippen molar-refractivity contribution in [1.29, 1.82) is 0 Å². The Hall–Kier alpha value is -1.66. The first kappa shape index (κ1) is 13.8. The van der Waals surface area contributed by atoms with Crippen LogP contribution < -0.4 is 5.43 Å². The minimum Gasteiger partial charge on any atom is -0.508 e.